The van der Waals surface area contributed by atoms with E-state index in [4.69, 9.17) is 9.47 Å². The highest BCUT2D eigenvalue weighted by atomic mass is 16.5. The molecule has 8 heteroatoms. The van der Waals surface area contributed by atoms with Gasteiger partial charge >= 0.3 is 0 Å². The van der Waals surface area contributed by atoms with E-state index in [-0.39, 0.29) is 11.8 Å². The number of nitrogens with zero attached hydrogens (tertiary/aromatic N) is 4. The van der Waals surface area contributed by atoms with E-state index in [1.165, 1.54) is 5.01 Å². The summed E-state index contributed by atoms with van der Waals surface area (Å²) in [4.78, 5) is 29.5. The van der Waals surface area contributed by atoms with Crippen molar-refractivity contribution in [3.8, 4) is 11.5 Å². The molecule has 0 spiro atoms. The highest BCUT2D eigenvalue weighted by Gasteiger charge is 2.30. The second-order valence-corrected chi connectivity index (χ2v) is 7.85. The Bertz CT molecular complexity index is 1000. The van der Waals surface area contributed by atoms with Gasteiger partial charge in [-0.25, -0.2) is 5.01 Å². The minimum atomic E-state index is -0.0903. The Labute approximate surface area is 188 Å². The van der Waals surface area contributed by atoms with Crippen LogP contribution in [0.3, 0.4) is 0 Å². The smallest absolute Gasteiger partial charge is 0.270 e. The molecular formula is C24H28N4O4. The van der Waals surface area contributed by atoms with Crippen molar-refractivity contribution in [1.29, 1.82) is 0 Å². The maximum absolute atomic E-state index is 13.1. The van der Waals surface area contributed by atoms with Crippen LogP contribution in [0.2, 0.25) is 0 Å². The molecule has 1 fully saturated rings. The molecule has 2 aromatic rings. The molecule has 2 aliphatic heterocycles. The molecule has 0 atom stereocenters. The topological polar surface area (TPSA) is 74.7 Å². The van der Waals surface area contributed by atoms with E-state index in [1.54, 1.807) is 14.2 Å². The van der Waals surface area contributed by atoms with Crippen LogP contribution < -0.4 is 14.5 Å². The second-order valence-electron chi connectivity index (χ2n) is 7.85. The third-order valence-electron chi connectivity index (χ3n) is 5.79. The molecule has 2 aliphatic rings. The van der Waals surface area contributed by atoms with E-state index in [2.05, 4.69) is 10.0 Å². The summed E-state index contributed by atoms with van der Waals surface area (Å²) in [6.07, 6.45) is 0.672. The predicted molar refractivity (Wildman–Crippen MR) is 122 cm³/mol. The number of methoxy groups -OCH3 is 2. The van der Waals surface area contributed by atoms with Crippen LogP contribution in [0.25, 0.3) is 0 Å². The van der Waals surface area contributed by atoms with Gasteiger partial charge in [0.25, 0.3) is 5.91 Å². The van der Waals surface area contributed by atoms with Crippen LogP contribution in [0, 0.1) is 0 Å². The van der Waals surface area contributed by atoms with Crippen LogP contribution in [0.1, 0.15) is 18.4 Å². The first-order valence-corrected chi connectivity index (χ1v) is 10.8. The van der Waals surface area contributed by atoms with Crippen molar-refractivity contribution >= 4 is 23.2 Å². The summed E-state index contributed by atoms with van der Waals surface area (Å²) in [6, 6.07) is 15.2. The number of piperazine rings is 1. The molecule has 0 aliphatic carbocycles. The molecule has 2 amide bonds. The van der Waals surface area contributed by atoms with Gasteiger partial charge in [0.15, 0.2) is 11.5 Å². The van der Waals surface area contributed by atoms with Crippen LogP contribution in [0.4, 0.5) is 5.69 Å². The molecule has 0 radical (unpaired) electrons. The van der Waals surface area contributed by atoms with E-state index < -0.39 is 0 Å². The van der Waals surface area contributed by atoms with Crippen molar-refractivity contribution in [2.75, 3.05) is 45.4 Å². The fourth-order valence-corrected chi connectivity index (χ4v) is 4.01. The van der Waals surface area contributed by atoms with Gasteiger partial charge < -0.3 is 14.4 Å². The zero-order valence-electron chi connectivity index (χ0n) is 18.5. The number of rotatable bonds is 6. The molecular weight excluding hydrogens is 408 g/mol. The van der Waals surface area contributed by atoms with Gasteiger partial charge in [-0.05, 0) is 29.8 Å². The van der Waals surface area contributed by atoms with Crippen molar-refractivity contribution in [2.45, 2.75) is 19.4 Å². The van der Waals surface area contributed by atoms with Crippen LogP contribution in [-0.2, 0) is 16.1 Å². The molecule has 0 aromatic heterocycles. The summed E-state index contributed by atoms with van der Waals surface area (Å²) < 4.78 is 10.7. The first-order valence-electron chi connectivity index (χ1n) is 10.8. The molecule has 1 saturated heterocycles. The molecule has 4 rings (SSSR count). The molecule has 2 aromatic carbocycles. The molecule has 0 unspecified atom stereocenters. The standard InChI is InChI=1S/C24H28N4O4/c1-31-21-10-8-18(16-22(21)32-2)17-26-12-14-27(15-13-26)24(30)20-9-11-23(29)28(25-20)19-6-4-3-5-7-19/h3-8,10,16H,9,11-15,17H2,1-2H3. The van der Waals surface area contributed by atoms with E-state index in [1.807, 2.05) is 53.4 Å². The highest BCUT2D eigenvalue weighted by molar-refractivity contribution is 6.40. The van der Waals surface area contributed by atoms with Crippen molar-refractivity contribution in [3.05, 3.63) is 54.1 Å². The number of carbonyl (C=O) groups excluding carboxylic acids is 2. The summed E-state index contributed by atoms with van der Waals surface area (Å²) in [7, 11) is 3.26. The Morgan fingerprint density at radius 3 is 2.34 bits per heavy atom. The fourth-order valence-electron chi connectivity index (χ4n) is 4.01. The first-order chi connectivity index (χ1) is 15.6. The van der Waals surface area contributed by atoms with Gasteiger partial charge in [-0.15, -0.1) is 0 Å². The second kappa shape index (κ2) is 9.82. The lowest BCUT2D eigenvalue weighted by molar-refractivity contribution is -0.126. The lowest BCUT2D eigenvalue weighted by Crippen LogP contribution is -2.51. The normalized spacial score (nSPS) is 17.2. The zero-order valence-corrected chi connectivity index (χ0v) is 18.5. The zero-order chi connectivity index (χ0) is 22.5. The molecule has 2 heterocycles. The lowest BCUT2D eigenvalue weighted by atomic mass is 10.1. The summed E-state index contributed by atoms with van der Waals surface area (Å²) >= 11 is 0. The predicted octanol–water partition coefficient (Wildman–Crippen LogP) is 2.53. The number of hydrazone groups is 1. The van der Waals surface area contributed by atoms with Crippen LogP contribution in [0.15, 0.2) is 53.6 Å². The number of hydrogen-bond donors (Lipinski definition) is 0. The van der Waals surface area contributed by atoms with Crippen molar-refractivity contribution in [1.82, 2.24) is 9.80 Å². The third kappa shape index (κ3) is 4.75. The SMILES string of the molecule is COc1ccc(CN2CCN(C(=O)C3=NN(c4ccccc4)C(=O)CC3)CC2)cc1OC. The molecule has 32 heavy (non-hydrogen) atoms. The number of hydrogen-bond acceptors (Lipinski definition) is 6. The van der Waals surface area contributed by atoms with Crippen molar-refractivity contribution in [2.24, 2.45) is 5.10 Å². The number of benzene rings is 2. The van der Waals surface area contributed by atoms with E-state index in [9.17, 15) is 9.59 Å². The van der Waals surface area contributed by atoms with Gasteiger partial charge in [-0.3, -0.25) is 14.5 Å². The Morgan fingerprint density at radius 1 is 0.938 bits per heavy atom. The van der Waals surface area contributed by atoms with Crippen LogP contribution in [0.5, 0.6) is 11.5 Å². The molecule has 168 valence electrons. The largest absolute Gasteiger partial charge is 0.493 e. The fraction of sp³-hybridized carbons (Fsp3) is 0.375. The van der Waals surface area contributed by atoms with Gasteiger partial charge in [0.2, 0.25) is 5.91 Å². The summed E-state index contributed by atoms with van der Waals surface area (Å²) in [6.45, 7) is 3.58. The van der Waals surface area contributed by atoms with E-state index in [0.29, 0.717) is 48.8 Å². The van der Waals surface area contributed by atoms with Gasteiger partial charge in [-0.1, -0.05) is 24.3 Å². The Morgan fingerprint density at radius 2 is 1.66 bits per heavy atom. The number of anilines is 1. The van der Waals surface area contributed by atoms with Crippen LogP contribution >= 0.6 is 0 Å². The van der Waals surface area contributed by atoms with Gasteiger partial charge in [-0.2, -0.15) is 5.10 Å². The average molecular weight is 437 g/mol. The van der Waals surface area contributed by atoms with Gasteiger partial charge in [0.1, 0.15) is 5.71 Å². The summed E-state index contributed by atoms with van der Waals surface area (Å²) in [5.41, 5.74) is 2.26. The quantitative estimate of drug-likeness (QED) is 0.696. The van der Waals surface area contributed by atoms with E-state index >= 15 is 0 Å². The third-order valence-corrected chi connectivity index (χ3v) is 5.79. The summed E-state index contributed by atoms with van der Waals surface area (Å²) in [5, 5.41) is 5.75. The minimum absolute atomic E-state index is 0.0794. The van der Waals surface area contributed by atoms with E-state index in [0.717, 1.165) is 25.2 Å². The molecule has 8 nitrogen and oxygen atoms in total. The maximum atomic E-state index is 13.1. The number of amides is 2. The number of carbonyl (C=O) groups is 2. The van der Waals surface area contributed by atoms with Gasteiger partial charge in [0.05, 0.1) is 19.9 Å². The average Bonchev–Trinajstić information content (AvgIpc) is 2.85. The minimum Gasteiger partial charge on any atom is -0.493 e. The maximum Gasteiger partial charge on any atom is 0.270 e. The van der Waals surface area contributed by atoms with Crippen molar-refractivity contribution in [3.63, 3.8) is 0 Å². The summed E-state index contributed by atoms with van der Waals surface area (Å²) in [5.74, 6) is 1.26. The Kier molecular flexibility index (Phi) is 6.70. The molecule has 0 N–H and O–H groups in total. The molecule has 0 saturated carbocycles. The molecule has 0 bridgehead atoms. The number of para-hydroxylation sites is 1. The van der Waals surface area contributed by atoms with Crippen molar-refractivity contribution < 1.29 is 19.1 Å². The van der Waals surface area contributed by atoms with Crippen LogP contribution in [-0.4, -0.2) is 67.7 Å². The Hall–Kier alpha value is -3.39. The number of ether oxygens (including phenoxy) is 2. The monoisotopic (exact) mass is 436 g/mol. The Balaban J connectivity index is 1.37. The highest BCUT2D eigenvalue weighted by Crippen LogP contribution is 2.28. The first kappa shape index (κ1) is 21.8. The lowest BCUT2D eigenvalue weighted by Gasteiger charge is -2.35. The van der Waals surface area contributed by atoms with Gasteiger partial charge in [0, 0.05) is 45.6 Å².